The number of nitrogens with one attached hydrogen (secondary N) is 1. The fraction of sp³-hybridized carbons (Fsp3) is 0.435. The number of aryl methyl sites for hydroxylation is 1. The molecule has 0 aliphatic rings. The zero-order valence-electron chi connectivity index (χ0n) is 18.7. The zero-order chi connectivity index (χ0) is 22.5. The molecule has 0 aliphatic heterocycles. The van der Waals surface area contributed by atoms with Crippen molar-refractivity contribution in [2.75, 3.05) is 19.4 Å². The molecule has 6 nitrogen and oxygen atoms in total. The Bertz CT molecular complexity index is 954. The van der Waals surface area contributed by atoms with Gasteiger partial charge in [-0.25, -0.2) is 12.7 Å². The van der Waals surface area contributed by atoms with Crippen molar-refractivity contribution in [3.05, 3.63) is 59.7 Å². The molecule has 0 spiro atoms. The highest BCUT2D eigenvalue weighted by atomic mass is 32.2. The standard InChI is InChI=1S/C23H33N3O3S/c1-7-18-11-13-19(14-12-18)22(16(2)3)24-17(4)23(27)25-20-9-8-10-21(15-20)30(28,29)26(5)6/h8-17,22,24H,7H2,1-6H3,(H,25,27)/p+1/t17-,22+/m0/s1. The van der Waals surface area contributed by atoms with E-state index in [2.05, 4.69) is 55.7 Å². The van der Waals surface area contributed by atoms with Crippen molar-refractivity contribution >= 4 is 21.6 Å². The topological polar surface area (TPSA) is 83.1 Å². The van der Waals surface area contributed by atoms with Gasteiger partial charge in [-0.1, -0.05) is 51.1 Å². The lowest BCUT2D eigenvalue weighted by molar-refractivity contribution is -0.718. The second-order valence-electron chi connectivity index (χ2n) is 8.15. The van der Waals surface area contributed by atoms with Gasteiger partial charge in [-0.15, -0.1) is 0 Å². The number of rotatable bonds is 9. The number of carbonyl (C=O) groups is 1. The van der Waals surface area contributed by atoms with Gasteiger partial charge in [-0.2, -0.15) is 0 Å². The third kappa shape index (κ3) is 5.90. The highest BCUT2D eigenvalue weighted by Gasteiger charge is 2.26. The van der Waals surface area contributed by atoms with E-state index in [1.807, 2.05) is 6.92 Å². The molecule has 1 amide bonds. The minimum absolute atomic E-state index is 0.150. The van der Waals surface area contributed by atoms with Gasteiger partial charge >= 0.3 is 0 Å². The Labute approximate surface area is 180 Å². The maximum absolute atomic E-state index is 12.8. The smallest absolute Gasteiger partial charge is 0.282 e. The van der Waals surface area contributed by atoms with Gasteiger partial charge in [0.05, 0.1) is 4.90 Å². The first kappa shape index (κ1) is 24.1. The quantitative estimate of drug-likeness (QED) is 0.639. The van der Waals surface area contributed by atoms with Crippen LogP contribution in [0.2, 0.25) is 0 Å². The highest BCUT2D eigenvalue weighted by Crippen LogP contribution is 2.20. The van der Waals surface area contributed by atoms with E-state index in [4.69, 9.17) is 0 Å². The van der Waals surface area contributed by atoms with Crippen LogP contribution in [0.25, 0.3) is 0 Å². The average molecular weight is 433 g/mol. The van der Waals surface area contributed by atoms with E-state index in [0.29, 0.717) is 11.6 Å². The molecule has 30 heavy (non-hydrogen) atoms. The number of hydrogen-bond donors (Lipinski definition) is 2. The molecule has 0 fully saturated rings. The van der Waals surface area contributed by atoms with E-state index in [1.54, 1.807) is 12.1 Å². The van der Waals surface area contributed by atoms with Crippen LogP contribution in [0.4, 0.5) is 5.69 Å². The van der Waals surface area contributed by atoms with Crippen molar-refractivity contribution in [1.82, 2.24) is 4.31 Å². The van der Waals surface area contributed by atoms with Crippen molar-refractivity contribution in [2.45, 2.75) is 51.1 Å². The van der Waals surface area contributed by atoms with E-state index in [0.717, 1.165) is 10.7 Å². The molecule has 0 saturated carbocycles. The Morgan fingerprint density at radius 3 is 2.23 bits per heavy atom. The molecule has 0 radical (unpaired) electrons. The summed E-state index contributed by atoms with van der Waals surface area (Å²) in [6.07, 6.45) is 0.998. The van der Waals surface area contributed by atoms with E-state index in [9.17, 15) is 13.2 Å². The number of anilines is 1. The molecule has 0 saturated heterocycles. The summed E-state index contributed by atoms with van der Waals surface area (Å²) in [5.41, 5.74) is 2.96. The molecule has 2 aromatic rings. The van der Waals surface area contributed by atoms with Crippen LogP contribution in [0.1, 0.15) is 44.9 Å². The Kier molecular flexibility index (Phi) is 8.18. The molecular formula is C23H34N3O3S+. The number of carbonyl (C=O) groups excluding carboxylic acids is 1. The first-order valence-corrected chi connectivity index (χ1v) is 11.8. The van der Waals surface area contributed by atoms with Crippen molar-refractivity contribution < 1.29 is 18.5 Å². The normalized spacial score (nSPS) is 14.0. The minimum Gasteiger partial charge on any atom is -0.330 e. The Morgan fingerprint density at radius 1 is 1.07 bits per heavy atom. The van der Waals surface area contributed by atoms with Crippen LogP contribution in [0.5, 0.6) is 0 Å². The maximum Gasteiger partial charge on any atom is 0.282 e. The number of sulfonamides is 1. The lowest BCUT2D eigenvalue weighted by atomic mass is 9.94. The van der Waals surface area contributed by atoms with Gasteiger partial charge in [0.15, 0.2) is 6.04 Å². The first-order valence-electron chi connectivity index (χ1n) is 10.3. The summed E-state index contributed by atoms with van der Waals surface area (Å²) in [7, 11) is -0.588. The Hall–Kier alpha value is -2.22. The number of nitrogens with two attached hydrogens (primary N) is 1. The summed E-state index contributed by atoms with van der Waals surface area (Å²) in [6.45, 7) is 8.29. The number of amides is 1. The van der Waals surface area contributed by atoms with Crippen LogP contribution < -0.4 is 10.6 Å². The molecule has 0 aliphatic carbocycles. The molecule has 3 N–H and O–H groups in total. The molecular weight excluding hydrogens is 398 g/mol. The molecule has 0 aromatic heterocycles. The summed E-state index contributed by atoms with van der Waals surface area (Å²) in [4.78, 5) is 12.9. The molecule has 0 bridgehead atoms. The van der Waals surface area contributed by atoms with Crippen molar-refractivity contribution in [1.29, 1.82) is 0 Å². The van der Waals surface area contributed by atoms with Crippen molar-refractivity contribution in [2.24, 2.45) is 5.92 Å². The van der Waals surface area contributed by atoms with E-state index in [-0.39, 0.29) is 22.9 Å². The third-order valence-corrected chi connectivity index (χ3v) is 7.09. The van der Waals surface area contributed by atoms with Gasteiger partial charge in [-0.3, -0.25) is 4.79 Å². The van der Waals surface area contributed by atoms with Crippen LogP contribution in [-0.4, -0.2) is 38.8 Å². The lowest BCUT2D eigenvalue weighted by Crippen LogP contribution is -2.93. The molecule has 2 atom stereocenters. The second-order valence-corrected chi connectivity index (χ2v) is 10.3. The summed E-state index contributed by atoms with van der Waals surface area (Å²) in [5, 5.41) is 4.92. The van der Waals surface area contributed by atoms with E-state index < -0.39 is 10.0 Å². The molecule has 2 rings (SSSR count). The van der Waals surface area contributed by atoms with E-state index in [1.165, 1.54) is 37.4 Å². The summed E-state index contributed by atoms with van der Waals surface area (Å²) in [5.74, 6) is 0.187. The monoisotopic (exact) mass is 432 g/mol. The molecule has 164 valence electrons. The van der Waals surface area contributed by atoms with E-state index >= 15 is 0 Å². The van der Waals surface area contributed by atoms with Gasteiger partial charge in [0.1, 0.15) is 6.04 Å². The number of quaternary nitrogens is 1. The Balaban J connectivity index is 2.13. The minimum atomic E-state index is -3.55. The third-order valence-electron chi connectivity index (χ3n) is 5.28. The average Bonchev–Trinajstić information content (AvgIpc) is 2.71. The number of benzene rings is 2. The SMILES string of the molecule is CCc1ccc([C@H]([NH2+][C@@H](C)C(=O)Nc2cccc(S(=O)(=O)N(C)C)c2)C(C)C)cc1. The molecule has 7 heteroatoms. The van der Waals surface area contributed by atoms with Crippen molar-refractivity contribution in [3.8, 4) is 0 Å². The summed E-state index contributed by atoms with van der Waals surface area (Å²) in [6, 6.07) is 14.7. The van der Waals surface area contributed by atoms with Gasteiger partial charge in [0, 0.05) is 31.3 Å². The van der Waals surface area contributed by atoms with Crippen molar-refractivity contribution in [3.63, 3.8) is 0 Å². The van der Waals surface area contributed by atoms with Crippen LogP contribution in [-0.2, 0) is 21.2 Å². The zero-order valence-corrected chi connectivity index (χ0v) is 19.5. The highest BCUT2D eigenvalue weighted by molar-refractivity contribution is 7.89. The van der Waals surface area contributed by atoms with Gasteiger partial charge in [0.25, 0.3) is 5.91 Å². The summed E-state index contributed by atoms with van der Waals surface area (Å²) >= 11 is 0. The van der Waals surface area contributed by atoms with Gasteiger partial charge in [0.2, 0.25) is 10.0 Å². The predicted octanol–water partition coefficient (Wildman–Crippen LogP) is 2.79. The van der Waals surface area contributed by atoms with Gasteiger partial charge in [-0.05, 0) is 37.1 Å². The second kappa shape index (κ2) is 10.2. The van der Waals surface area contributed by atoms with Crippen LogP contribution in [0.15, 0.2) is 53.4 Å². The summed E-state index contributed by atoms with van der Waals surface area (Å²) < 4.78 is 25.8. The molecule has 2 aromatic carbocycles. The maximum atomic E-state index is 12.8. The molecule has 0 unspecified atom stereocenters. The molecule has 0 heterocycles. The fourth-order valence-electron chi connectivity index (χ4n) is 3.29. The fourth-order valence-corrected chi connectivity index (χ4v) is 4.24. The number of nitrogens with zero attached hydrogens (tertiary/aromatic N) is 1. The Morgan fingerprint density at radius 2 is 1.70 bits per heavy atom. The first-order chi connectivity index (χ1) is 14.1. The number of hydrogen-bond acceptors (Lipinski definition) is 3. The predicted molar refractivity (Wildman–Crippen MR) is 121 cm³/mol. The van der Waals surface area contributed by atoms with Crippen LogP contribution in [0, 0.1) is 5.92 Å². The lowest BCUT2D eigenvalue weighted by Gasteiger charge is -2.23. The van der Waals surface area contributed by atoms with Crippen LogP contribution in [0.3, 0.4) is 0 Å². The van der Waals surface area contributed by atoms with Gasteiger partial charge < -0.3 is 10.6 Å². The largest absolute Gasteiger partial charge is 0.330 e. The van der Waals surface area contributed by atoms with Crippen LogP contribution >= 0.6 is 0 Å².